The van der Waals surface area contributed by atoms with Gasteiger partial charge in [0, 0.05) is 25.8 Å². The van der Waals surface area contributed by atoms with E-state index in [1.165, 1.54) is 30.6 Å². The summed E-state index contributed by atoms with van der Waals surface area (Å²) in [6, 6.07) is 8.53. The van der Waals surface area contributed by atoms with Crippen LogP contribution in [0.25, 0.3) is 0 Å². The van der Waals surface area contributed by atoms with Gasteiger partial charge in [-0.25, -0.2) is 0 Å². The van der Waals surface area contributed by atoms with E-state index in [-0.39, 0.29) is 42.6 Å². The van der Waals surface area contributed by atoms with Crippen LogP contribution in [0.15, 0.2) is 35.7 Å². The van der Waals surface area contributed by atoms with Crippen molar-refractivity contribution in [3.63, 3.8) is 0 Å². The predicted octanol–water partition coefficient (Wildman–Crippen LogP) is 3.37. The molecule has 5 rings (SSSR count). The lowest BCUT2D eigenvalue weighted by atomic mass is 9.94. The first-order valence-electron chi connectivity index (χ1n) is 13.5. The Kier molecular flexibility index (Phi) is 8.61. The summed E-state index contributed by atoms with van der Waals surface area (Å²) >= 11 is 1.36. The van der Waals surface area contributed by atoms with Crippen LogP contribution in [-0.2, 0) is 9.53 Å². The van der Waals surface area contributed by atoms with Gasteiger partial charge in [0.2, 0.25) is 5.91 Å². The zero-order valence-corrected chi connectivity index (χ0v) is 22.6. The van der Waals surface area contributed by atoms with Gasteiger partial charge >= 0.3 is 0 Å². The van der Waals surface area contributed by atoms with Crippen molar-refractivity contribution in [2.24, 2.45) is 0 Å². The molecule has 2 saturated heterocycles. The van der Waals surface area contributed by atoms with Gasteiger partial charge in [-0.3, -0.25) is 14.4 Å². The molecule has 3 amide bonds. The summed E-state index contributed by atoms with van der Waals surface area (Å²) in [5.41, 5.74) is 0.945. The fourth-order valence-corrected chi connectivity index (χ4v) is 6.14. The average Bonchev–Trinajstić information content (AvgIpc) is 3.47. The lowest BCUT2D eigenvalue weighted by Gasteiger charge is -2.42. The lowest BCUT2D eigenvalue weighted by molar-refractivity contribution is -0.134. The number of benzene rings is 1. The number of likely N-dealkylation sites (tertiary alicyclic amines) is 1. The van der Waals surface area contributed by atoms with Crippen LogP contribution in [0.1, 0.15) is 58.6 Å². The standard InChI is InChI=1S/C28H36N4O5S/c1-31-22-9-8-20(17-26(33)29-11-14-32-12-3-2-4-13-32)37-24(22)18-36-23-10-7-19(16-21(23)28(31)35)30-27(34)25-6-5-15-38-25/h5-7,10,15-16,20,22,24H,2-4,8-9,11-14,17-18H2,1H3,(H,29,33)(H,30,34)/t20-,22-,24-/m1/s1. The topological polar surface area (TPSA) is 100 Å². The molecular formula is C28H36N4O5S. The van der Waals surface area contributed by atoms with Crippen LogP contribution in [0.3, 0.4) is 0 Å². The Morgan fingerprint density at radius 1 is 1.13 bits per heavy atom. The van der Waals surface area contributed by atoms with Gasteiger partial charge in [-0.1, -0.05) is 12.5 Å². The molecule has 0 unspecified atom stereocenters. The Morgan fingerprint density at radius 3 is 2.76 bits per heavy atom. The Hall–Kier alpha value is -2.95. The monoisotopic (exact) mass is 540 g/mol. The van der Waals surface area contributed by atoms with E-state index in [2.05, 4.69) is 15.5 Å². The largest absolute Gasteiger partial charge is 0.490 e. The molecule has 9 nitrogen and oxygen atoms in total. The smallest absolute Gasteiger partial charge is 0.265 e. The van der Waals surface area contributed by atoms with E-state index < -0.39 is 0 Å². The number of nitrogens with one attached hydrogen (secondary N) is 2. The average molecular weight is 541 g/mol. The minimum atomic E-state index is -0.324. The maximum atomic E-state index is 13.4. The van der Waals surface area contributed by atoms with E-state index in [0.29, 0.717) is 41.3 Å². The molecule has 4 heterocycles. The number of ether oxygens (including phenoxy) is 2. The summed E-state index contributed by atoms with van der Waals surface area (Å²) in [4.78, 5) is 43.2. The fourth-order valence-electron chi connectivity index (χ4n) is 5.52. The number of fused-ring (bicyclic) bond motifs is 2. The molecule has 3 aliphatic heterocycles. The van der Waals surface area contributed by atoms with Crippen molar-refractivity contribution in [3.8, 4) is 5.75 Å². The van der Waals surface area contributed by atoms with E-state index in [4.69, 9.17) is 9.47 Å². The van der Waals surface area contributed by atoms with Gasteiger partial charge in [0.05, 0.1) is 29.0 Å². The summed E-state index contributed by atoms with van der Waals surface area (Å²) in [6.45, 7) is 4.06. The fraction of sp³-hybridized carbons (Fsp3) is 0.536. The van der Waals surface area contributed by atoms with Gasteiger partial charge in [-0.15, -0.1) is 11.3 Å². The summed E-state index contributed by atoms with van der Waals surface area (Å²) in [6.07, 6.45) is 4.99. The van der Waals surface area contributed by atoms with Gasteiger partial charge in [0.15, 0.2) is 0 Å². The summed E-state index contributed by atoms with van der Waals surface area (Å²) in [7, 11) is 1.78. The van der Waals surface area contributed by atoms with Crippen molar-refractivity contribution in [2.75, 3.05) is 45.2 Å². The van der Waals surface area contributed by atoms with Crippen LogP contribution in [0, 0.1) is 0 Å². The van der Waals surface area contributed by atoms with Crippen molar-refractivity contribution >= 4 is 34.7 Å². The first-order chi connectivity index (χ1) is 18.5. The molecule has 204 valence electrons. The third kappa shape index (κ3) is 6.36. The normalized spacial score (nSPS) is 23.9. The summed E-state index contributed by atoms with van der Waals surface area (Å²) in [5, 5.41) is 7.75. The van der Waals surface area contributed by atoms with Crippen LogP contribution in [0.5, 0.6) is 5.75 Å². The second-order valence-electron chi connectivity index (χ2n) is 10.3. The maximum Gasteiger partial charge on any atom is 0.265 e. The number of rotatable bonds is 7. The van der Waals surface area contributed by atoms with Crippen LogP contribution in [0.4, 0.5) is 5.69 Å². The Bertz CT molecular complexity index is 1130. The molecule has 0 radical (unpaired) electrons. The minimum Gasteiger partial charge on any atom is -0.490 e. The Morgan fingerprint density at radius 2 is 1.97 bits per heavy atom. The first kappa shape index (κ1) is 26.6. The van der Waals surface area contributed by atoms with Crippen molar-refractivity contribution in [2.45, 2.75) is 56.8 Å². The van der Waals surface area contributed by atoms with Gasteiger partial charge in [-0.05, 0) is 68.4 Å². The minimum absolute atomic E-state index is 0.00382. The van der Waals surface area contributed by atoms with E-state index in [1.54, 1.807) is 36.2 Å². The van der Waals surface area contributed by atoms with Crippen molar-refractivity contribution < 1.29 is 23.9 Å². The number of carbonyl (C=O) groups excluding carboxylic acids is 3. The molecule has 38 heavy (non-hydrogen) atoms. The molecule has 3 atom stereocenters. The molecular weight excluding hydrogens is 504 g/mol. The highest BCUT2D eigenvalue weighted by Crippen LogP contribution is 2.32. The highest BCUT2D eigenvalue weighted by Gasteiger charge is 2.39. The van der Waals surface area contributed by atoms with Gasteiger partial charge in [0.25, 0.3) is 11.8 Å². The quantitative estimate of drug-likeness (QED) is 0.559. The van der Waals surface area contributed by atoms with E-state index in [9.17, 15) is 14.4 Å². The Balaban J connectivity index is 1.17. The number of piperidine rings is 1. The Labute approximate surface area is 227 Å². The number of amides is 3. The van der Waals surface area contributed by atoms with E-state index in [0.717, 1.165) is 26.1 Å². The van der Waals surface area contributed by atoms with Crippen molar-refractivity contribution in [1.82, 2.24) is 15.1 Å². The van der Waals surface area contributed by atoms with Crippen LogP contribution in [-0.4, -0.2) is 85.6 Å². The van der Waals surface area contributed by atoms with Gasteiger partial charge in [0.1, 0.15) is 18.5 Å². The van der Waals surface area contributed by atoms with Crippen molar-refractivity contribution in [1.29, 1.82) is 0 Å². The highest BCUT2D eigenvalue weighted by atomic mass is 32.1. The third-order valence-corrected chi connectivity index (χ3v) is 8.50. The van der Waals surface area contributed by atoms with E-state index >= 15 is 0 Å². The molecule has 1 aromatic carbocycles. The highest BCUT2D eigenvalue weighted by molar-refractivity contribution is 7.12. The number of hydrogen-bond acceptors (Lipinski definition) is 7. The number of hydrogen-bond donors (Lipinski definition) is 2. The second-order valence-corrected chi connectivity index (χ2v) is 11.2. The maximum absolute atomic E-state index is 13.4. The van der Waals surface area contributed by atoms with Crippen molar-refractivity contribution in [3.05, 3.63) is 46.2 Å². The van der Waals surface area contributed by atoms with Crippen LogP contribution < -0.4 is 15.4 Å². The van der Waals surface area contributed by atoms with Gasteiger partial charge < -0.3 is 29.9 Å². The molecule has 1 aromatic heterocycles. The van der Waals surface area contributed by atoms with Crippen LogP contribution in [0.2, 0.25) is 0 Å². The number of nitrogens with zero attached hydrogens (tertiary/aromatic N) is 2. The zero-order chi connectivity index (χ0) is 26.5. The molecule has 0 bridgehead atoms. The molecule has 0 aliphatic carbocycles. The van der Waals surface area contributed by atoms with Gasteiger partial charge in [-0.2, -0.15) is 0 Å². The molecule has 0 spiro atoms. The summed E-state index contributed by atoms with van der Waals surface area (Å²) in [5.74, 6) is 0.0639. The molecule has 2 fully saturated rings. The number of carbonyl (C=O) groups is 3. The molecule has 2 N–H and O–H groups in total. The molecule has 0 saturated carbocycles. The number of thiophene rings is 1. The first-order valence-corrected chi connectivity index (χ1v) is 14.4. The second kappa shape index (κ2) is 12.3. The van der Waals surface area contributed by atoms with Crippen LogP contribution >= 0.6 is 11.3 Å². The molecule has 10 heteroatoms. The molecule has 3 aliphatic rings. The number of anilines is 1. The third-order valence-electron chi connectivity index (χ3n) is 7.63. The SMILES string of the molecule is CN1C(=O)c2cc(NC(=O)c3cccs3)ccc2OC[C@H]2O[C@@H](CC(=O)NCCN3CCCCC3)CC[C@H]21. The lowest BCUT2D eigenvalue weighted by Crippen LogP contribution is -2.54. The summed E-state index contributed by atoms with van der Waals surface area (Å²) < 4.78 is 12.3. The molecule has 2 aromatic rings. The zero-order valence-electron chi connectivity index (χ0n) is 21.8. The van der Waals surface area contributed by atoms with E-state index in [1.807, 2.05) is 11.4 Å². The number of likely N-dealkylation sites (N-methyl/N-ethyl adjacent to an activating group) is 1. The predicted molar refractivity (Wildman–Crippen MR) is 146 cm³/mol.